The number of benzene rings is 8. The normalized spacial score (nSPS) is 15.3. The highest BCUT2D eigenvalue weighted by Gasteiger charge is 2.26. The fourth-order valence-corrected chi connectivity index (χ4v) is 11.1. The molecule has 0 bridgehead atoms. The number of hydrogen-bond acceptors (Lipinski definition) is 2. The van der Waals surface area contributed by atoms with Crippen molar-refractivity contribution in [1.29, 1.82) is 0 Å². The van der Waals surface area contributed by atoms with Crippen molar-refractivity contribution in [1.82, 2.24) is 0 Å². The summed E-state index contributed by atoms with van der Waals surface area (Å²) in [7, 11) is 0. The second-order valence-electron chi connectivity index (χ2n) is 17.4. The molecule has 0 N–H and O–H groups in total. The van der Waals surface area contributed by atoms with Crippen molar-refractivity contribution >= 4 is 66.4 Å². The Morgan fingerprint density at radius 2 is 0.667 bits per heavy atom. The van der Waals surface area contributed by atoms with Crippen LogP contribution in [0, 0.1) is 6.92 Å². The van der Waals surface area contributed by atoms with Crippen LogP contribution in [0.5, 0.6) is 0 Å². The summed E-state index contributed by atoms with van der Waals surface area (Å²) in [6.07, 6.45) is 14.4. The van der Waals surface area contributed by atoms with E-state index in [0.29, 0.717) is 0 Å². The Bertz CT molecular complexity index is 2840. The Balaban J connectivity index is 1.14. The highest BCUT2D eigenvalue weighted by molar-refractivity contribution is 6.24. The topological polar surface area (TPSA) is 6.48 Å². The summed E-state index contributed by atoms with van der Waals surface area (Å²) in [5.41, 5.74) is 20.9. The molecule has 8 aromatic carbocycles. The molecule has 2 heteroatoms. The van der Waals surface area contributed by atoms with E-state index in [2.05, 4.69) is 144 Å². The summed E-state index contributed by atoms with van der Waals surface area (Å²) in [5, 5.41) is 7.78. The van der Waals surface area contributed by atoms with Gasteiger partial charge in [0.05, 0.1) is 11.4 Å². The predicted octanol–water partition coefficient (Wildman–Crippen LogP) is 14.3. The van der Waals surface area contributed by atoms with E-state index in [1.54, 1.807) is 0 Å². The van der Waals surface area contributed by atoms with Crippen molar-refractivity contribution in [3.8, 4) is 0 Å². The highest BCUT2D eigenvalue weighted by Crippen LogP contribution is 2.49. The molecular formula is C55H48N2. The molecule has 12 rings (SSSR count). The molecule has 0 aromatic heterocycles. The van der Waals surface area contributed by atoms with Gasteiger partial charge in [-0.25, -0.2) is 0 Å². The van der Waals surface area contributed by atoms with E-state index in [1.807, 2.05) is 0 Å². The first-order valence-electron chi connectivity index (χ1n) is 21.6. The van der Waals surface area contributed by atoms with Crippen LogP contribution in [0.2, 0.25) is 0 Å². The third kappa shape index (κ3) is 5.44. The first-order valence-corrected chi connectivity index (χ1v) is 21.6. The second kappa shape index (κ2) is 13.1. The summed E-state index contributed by atoms with van der Waals surface area (Å²) in [5.74, 6) is 0. The van der Waals surface area contributed by atoms with E-state index in [4.69, 9.17) is 0 Å². The number of hydrogen-bond donors (Lipinski definition) is 0. The maximum absolute atomic E-state index is 2.59. The lowest BCUT2D eigenvalue weighted by molar-refractivity contribution is 0.911. The molecule has 0 fully saturated rings. The quantitative estimate of drug-likeness (QED) is 0.157. The summed E-state index contributed by atoms with van der Waals surface area (Å²) in [6, 6.07) is 50.5. The molecule has 0 saturated carbocycles. The molecule has 8 aromatic rings. The monoisotopic (exact) mass is 736 g/mol. The van der Waals surface area contributed by atoms with Crippen LogP contribution in [-0.4, -0.2) is 0 Å². The maximum Gasteiger partial charge on any atom is 0.0546 e. The molecule has 0 heterocycles. The number of aryl methyl sites for hydroxylation is 9. The van der Waals surface area contributed by atoms with Gasteiger partial charge in [-0.2, -0.15) is 0 Å². The Kier molecular flexibility index (Phi) is 7.65. The minimum absolute atomic E-state index is 1.16. The molecule has 278 valence electrons. The van der Waals surface area contributed by atoms with Gasteiger partial charge in [0.2, 0.25) is 0 Å². The average molecular weight is 737 g/mol. The lowest BCUT2D eigenvalue weighted by Gasteiger charge is -2.30. The number of nitrogens with zero attached hydrogens (tertiary/aromatic N) is 2. The van der Waals surface area contributed by atoms with Crippen LogP contribution < -0.4 is 9.80 Å². The maximum atomic E-state index is 2.59. The van der Waals surface area contributed by atoms with Gasteiger partial charge in [0, 0.05) is 33.5 Å². The van der Waals surface area contributed by atoms with Crippen molar-refractivity contribution in [2.24, 2.45) is 0 Å². The van der Waals surface area contributed by atoms with Gasteiger partial charge in [-0.1, -0.05) is 66.2 Å². The fraction of sp³-hybridized carbons (Fsp3) is 0.236. The van der Waals surface area contributed by atoms with Gasteiger partial charge in [0.25, 0.3) is 0 Å². The molecule has 4 aliphatic carbocycles. The van der Waals surface area contributed by atoms with Crippen molar-refractivity contribution in [2.45, 2.75) is 84.0 Å². The van der Waals surface area contributed by atoms with Crippen LogP contribution in [0.25, 0.3) is 32.3 Å². The second-order valence-corrected chi connectivity index (χ2v) is 17.4. The smallest absolute Gasteiger partial charge is 0.0546 e. The molecule has 0 amide bonds. The lowest BCUT2D eigenvalue weighted by atomic mass is 9.92. The van der Waals surface area contributed by atoms with E-state index in [9.17, 15) is 0 Å². The van der Waals surface area contributed by atoms with E-state index >= 15 is 0 Å². The Hall–Kier alpha value is -5.86. The Labute approximate surface area is 336 Å². The standard InChI is InChI=1S/C55H48N2/c1-35-18-27-49-52-33-54(56(44-23-19-36-8-4-12-40(36)29-44)45-24-20-37-9-5-13-41(37)30-45)50-17-3-2-16-48(50)51(52)34-55(53(49)28-35)57(46-25-21-38-10-6-14-42(38)31-46)47-26-22-39-11-7-15-43(39)32-47/h2-3,16-34H,4-15H2,1H3. The van der Waals surface area contributed by atoms with E-state index in [-0.39, 0.29) is 0 Å². The van der Waals surface area contributed by atoms with E-state index in [0.717, 1.165) is 25.7 Å². The lowest BCUT2D eigenvalue weighted by Crippen LogP contribution is -2.13. The van der Waals surface area contributed by atoms with Gasteiger partial charge in [-0.05, 0) is 217 Å². The Morgan fingerprint density at radius 3 is 1.11 bits per heavy atom. The molecule has 0 radical (unpaired) electrons. The molecule has 0 aliphatic heterocycles. The molecule has 57 heavy (non-hydrogen) atoms. The first kappa shape index (κ1) is 33.3. The molecule has 0 atom stereocenters. The van der Waals surface area contributed by atoms with Gasteiger partial charge < -0.3 is 9.80 Å². The minimum Gasteiger partial charge on any atom is -0.310 e. The van der Waals surface area contributed by atoms with Crippen molar-refractivity contribution in [3.63, 3.8) is 0 Å². The summed E-state index contributed by atoms with van der Waals surface area (Å²) >= 11 is 0. The molecule has 2 nitrogen and oxygen atoms in total. The summed E-state index contributed by atoms with van der Waals surface area (Å²) < 4.78 is 0. The van der Waals surface area contributed by atoms with Gasteiger partial charge >= 0.3 is 0 Å². The van der Waals surface area contributed by atoms with E-state index < -0.39 is 0 Å². The zero-order chi connectivity index (χ0) is 37.6. The molecular weight excluding hydrogens is 689 g/mol. The first-order chi connectivity index (χ1) is 28.1. The fourth-order valence-electron chi connectivity index (χ4n) is 11.1. The predicted molar refractivity (Wildman–Crippen MR) is 241 cm³/mol. The zero-order valence-corrected chi connectivity index (χ0v) is 33.0. The van der Waals surface area contributed by atoms with Gasteiger partial charge in [0.15, 0.2) is 0 Å². The zero-order valence-electron chi connectivity index (χ0n) is 33.0. The highest BCUT2D eigenvalue weighted by atomic mass is 15.2. The average Bonchev–Trinajstić information content (AvgIpc) is 4.08. The number of rotatable bonds is 6. The van der Waals surface area contributed by atoms with Crippen molar-refractivity contribution < 1.29 is 0 Å². The number of anilines is 6. The van der Waals surface area contributed by atoms with E-state index in [1.165, 1.54) is 168 Å². The molecule has 0 unspecified atom stereocenters. The van der Waals surface area contributed by atoms with Gasteiger partial charge in [0.1, 0.15) is 0 Å². The Morgan fingerprint density at radius 1 is 0.298 bits per heavy atom. The van der Waals surface area contributed by atoms with Crippen molar-refractivity contribution in [2.75, 3.05) is 9.80 Å². The SMILES string of the molecule is Cc1ccc2c(c1)c(N(c1ccc3c(c1)CCC3)c1ccc3c(c1)CCC3)cc1c3ccccc3c(N(c3ccc4c(c3)CCC4)c3ccc4c(c3)CCC4)cc21. The van der Waals surface area contributed by atoms with Crippen LogP contribution in [0.15, 0.2) is 127 Å². The van der Waals surface area contributed by atoms with Crippen LogP contribution in [0.3, 0.4) is 0 Å². The van der Waals surface area contributed by atoms with Crippen LogP contribution in [-0.2, 0) is 51.4 Å². The minimum atomic E-state index is 1.16. The third-order valence-electron chi connectivity index (χ3n) is 13.9. The van der Waals surface area contributed by atoms with Crippen LogP contribution in [0.4, 0.5) is 34.1 Å². The molecule has 0 saturated heterocycles. The number of fused-ring (bicyclic) bond motifs is 9. The molecule has 4 aliphatic rings. The van der Waals surface area contributed by atoms with Gasteiger partial charge in [-0.3, -0.25) is 0 Å². The van der Waals surface area contributed by atoms with Gasteiger partial charge in [-0.15, -0.1) is 0 Å². The van der Waals surface area contributed by atoms with Crippen LogP contribution >= 0.6 is 0 Å². The van der Waals surface area contributed by atoms with Crippen molar-refractivity contribution in [3.05, 3.63) is 177 Å². The summed E-state index contributed by atoms with van der Waals surface area (Å²) in [4.78, 5) is 5.16. The third-order valence-corrected chi connectivity index (χ3v) is 13.9. The molecule has 0 spiro atoms. The summed E-state index contributed by atoms with van der Waals surface area (Å²) in [6.45, 7) is 2.25. The largest absolute Gasteiger partial charge is 0.310 e. The van der Waals surface area contributed by atoms with Crippen LogP contribution in [0.1, 0.15) is 75.8 Å².